The molecule has 0 saturated carbocycles. The molecule has 6 heteroatoms. The van der Waals surface area contributed by atoms with Crippen molar-refractivity contribution < 1.29 is 4.42 Å². The van der Waals surface area contributed by atoms with Crippen LogP contribution in [-0.4, -0.2) is 7.28 Å². The molecule has 0 bridgehead atoms. The van der Waals surface area contributed by atoms with E-state index in [1.54, 1.807) is 0 Å². The van der Waals surface area contributed by atoms with Gasteiger partial charge in [-0.05, 0) is 165 Å². The molecule has 0 amide bonds. The van der Waals surface area contributed by atoms with Crippen molar-refractivity contribution >= 4 is 132 Å². The Bertz CT molecular complexity index is 4100. The van der Waals surface area contributed by atoms with Gasteiger partial charge in [-0.2, -0.15) is 0 Å². The van der Waals surface area contributed by atoms with Gasteiger partial charge in [-0.3, -0.25) is 0 Å². The monoisotopic (exact) mass is 957 g/mol. The van der Waals surface area contributed by atoms with Gasteiger partial charge in [-0.25, -0.2) is 0 Å². The highest BCUT2D eigenvalue weighted by molar-refractivity contribution is 7.26. The molecule has 8 aromatic carbocycles. The zero-order valence-electron chi connectivity index (χ0n) is 42.3. The fraction of sp³-hybridized carbons (Fsp3) is 0.262. The minimum atomic E-state index is 0.0190. The Kier molecular flexibility index (Phi) is 9.10. The van der Waals surface area contributed by atoms with Crippen LogP contribution in [0.3, 0.4) is 0 Å². The molecule has 3 nitrogen and oxygen atoms in total. The van der Waals surface area contributed by atoms with E-state index in [4.69, 9.17) is 4.42 Å². The molecule has 0 atom stereocenters. The highest BCUT2D eigenvalue weighted by atomic mass is 32.1. The number of rotatable bonds is 4. The molecule has 0 fully saturated rings. The van der Waals surface area contributed by atoms with Gasteiger partial charge in [-0.15, -0.1) is 22.7 Å². The molecule has 0 saturated heterocycles. The van der Waals surface area contributed by atoms with E-state index in [0.29, 0.717) is 0 Å². The zero-order valence-corrected chi connectivity index (χ0v) is 43.9. The van der Waals surface area contributed by atoms with E-state index in [9.17, 15) is 0 Å². The highest BCUT2D eigenvalue weighted by Crippen LogP contribution is 2.55. The molecule has 14 rings (SSSR count). The van der Waals surface area contributed by atoms with Gasteiger partial charge < -0.3 is 14.6 Å². The Hall–Kier alpha value is -6.34. The van der Waals surface area contributed by atoms with Crippen LogP contribution in [0.2, 0.25) is 0 Å². The van der Waals surface area contributed by atoms with E-state index >= 15 is 0 Å². The van der Waals surface area contributed by atoms with Crippen molar-refractivity contribution in [3.8, 4) is 11.1 Å². The van der Waals surface area contributed by atoms with Gasteiger partial charge >= 0.3 is 0 Å². The Morgan fingerprint density at radius 3 is 1.82 bits per heavy atom. The second kappa shape index (κ2) is 14.9. The number of hydrogen-bond acceptors (Lipinski definition) is 5. The van der Waals surface area contributed by atoms with E-state index in [1.165, 1.54) is 113 Å². The highest BCUT2D eigenvalue weighted by Gasteiger charge is 2.43. The van der Waals surface area contributed by atoms with Gasteiger partial charge in [0, 0.05) is 63.7 Å². The summed E-state index contributed by atoms with van der Waals surface area (Å²) in [5, 5.41) is 12.8. The fourth-order valence-corrected chi connectivity index (χ4v) is 15.3. The molecular weight excluding hydrogens is 900 g/mol. The van der Waals surface area contributed by atoms with Gasteiger partial charge in [0.15, 0.2) is 0 Å². The zero-order chi connectivity index (χ0) is 48.5. The van der Waals surface area contributed by atoms with Crippen molar-refractivity contribution in [2.45, 2.75) is 110 Å². The van der Waals surface area contributed by atoms with E-state index in [1.807, 2.05) is 22.7 Å². The number of hydrogen-bond donors (Lipinski definition) is 1. The summed E-state index contributed by atoms with van der Waals surface area (Å²) in [5.41, 5.74) is 18.5. The summed E-state index contributed by atoms with van der Waals surface area (Å²) in [6, 6.07) is 50.8. The van der Waals surface area contributed by atoms with Crippen LogP contribution in [0.15, 0.2) is 138 Å². The molecule has 3 aromatic heterocycles. The first-order valence-corrected chi connectivity index (χ1v) is 27.3. The van der Waals surface area contributed by atoms with Crippen molar-refractivity contribution in [3.63, 3.8) is 0 Å². The molecule has 3 aliphatic rings. The maximum atomic E-state index is 7.38. The molecule has 0 spiro atoms. The molecule has 349 valence electrons. The summed E-state index contributed by atoms with van der Waals surface area (Å²) >= 11 is 3.79. The van der Waals surface area contributed by atoms with Gasteiger partial charge in [0.2, 0.25) is 7.28 Å². The van der Waals surface area contributed by atoms with Crippen molar-refractivity contribution in [2.75, 3.05) is 10.2 Å². The number of nitrogens with one attached hydrogen (secondary N) is 1. The van der Waals surface area contributed by atoms with Crippen LogP contribution >= 0.6 is 22.7 Å². The number of benzene rings is 8. The van der Waals surface area contributed by atoms with Gasteiger partial charge in [0.25, 0.3) is 0 Å². The molecule has 1 radical (unpaired) electrons. The SMILES string of the molecule is Cc1cc2c(cc1N1c3c(oc4cc5c(cc34)C(C)(C)CCC5(C)C)[B]c3c(-c4cc5ccccc5cc4Nc4cccc5sc6ccccc6c45)cc4c(sc5ccccc54)c31)C(C)(C)CCC2(C)C. The lowest BCUT2D eigenvalue weighted by atomic mass is 9.60. The van der Waals surface area contributed by atoms with Crippen LogP contribution in [0.1, 0.15) is 109 Å². The van der Waals surface area contributed by atoms with Crippen LogP contribution in [0.4, 0.5) is 28.4 Å². The molecule has 1 N–H and O–H groups in total. The summed E-state index contributed by atoms with van der Waals surface area (Å²) in [4.78, 5) is 2.67. The third-order valence-corrected chi connectivity index (χ3v) is 19.7. The first kappa shape index (κ1) is 43.5. The molecule has 2 aliphatic carbocycles. The van der Waals surface area contributed by atoms with E-state index < -0.39 is 0 Å². The topological polar surface area (TPSA) is 28.4 Å². The number of fused-ring (bicyclic) bond motifs is 14. The molecular formula is C65H58BN2OS2. The number of aryl methyl sites for hydroxylation is 1. The standard InChI is InChI=1S/C65H58BN2OS2/c1-36-29-45-47(64(6,7)27-25-62(45,2)3)34-51(36)68-58-44-33-46-48(65(8,9)28-26-63(46,4)5)35-52(44)69-61(58)66-57-42(32-43-39-19-12-14-22-53(39)71-60(43)59(57)68)41-30-37-17-10-11-18-38(37)31-50(41)67-49-21-16-24-55-56(49)40-20-13-15-23-54(40)70-55/h10-24,29-35,67H,25-28H2,1-9H3. The van der Waals surface area contributed by atoms with E-state index in [2.05, 4.69) is 213 Å². The smallest absolute Gasteiger partial charge is 0.247 e. The summed E-state index contributed by atoms with van der Waals surface area (Å²) in [7, 11) is 2.41. The summed E-state index contributed by atoms with van der Waals surface area (Å²) in [5.74, 6) is 0. The van der Waals surface area contributed by atoms with Gasteiger partial charge in [0.1, 0.15) is 5.58 Å². The summed E-state index contributed by atoms with van der Waals surface area (Å²) < 4.78 is 12.5. The van der Waals surface area contributed by atoms with Crippen molar-refractivity contribution in [1.29, 1.82) is 0 Å². The second-order valence-corrected chi connectivity index (χ2v) is 25.9. The lowest BCUT2D eigenvalue weighted by Gasteiger charge is -2.43. The lowest BCUT2D eigenvalue weighted by Crippen LogP contribution is -2.40. The van der Waals surface area contributed by atoms with Gasteiger partial charge in [-0.1, -0.05) is 128 Å². The molecule has 0 unspecified atom stereocenters. The maximum absolute atomic E-state index is 7.38. The number of thiophene rings is 2. The Morgan fingerprint density at radius 2 is 1.10 bits per heavy atom. The van der Waals surface area contributed by atoms with Crippen LogP contribution < -0.4 is 21.3 Å². The molecule has 71 heavy (non-hydrogen) atoms. The lowest BCUT2D eigenvalue weighted by molar-refractivity contribution is 0.332. The summed E-state index contributed by atoms with van der Waals surface area (Å²) in [6.07, 6.45) is 4.62. The van der Waals surface area contributed by atoms with Crippen molar-refractivity contribution in [1.82, 2.24) is 0 Å². The van der Waals surface area contributed by atoms with Crippen LogP contribution in [-0.2, 0) is 21.7 Å². The summed E-state index contributed by atoms with van der Waals surface area (Å²) in [6.45, 7) is 21.9. The normalized spacial score (nSPS) is 17.4. The first-order chi connectivity index (χ1) is 34.0. The largest absolute Gasteiger partial charge is 0.469 e. The van der Waals surface area contributed by atoms with Crippen molar-refractivity contribution in [3.05, 3.63) is 161 Å². The fourth-order valence-electron chi connectivity index (χ4n) is 13.0. The number of nitrogens with zero attached hydrogens (tertiary/aromatic N) is 1. The predicted octanol–water partition coefficient (Wildman–Crippen LogP) is 18.2. The van der Waals surface area contributed by atoms with Crippen LogP contribution in [0.25, 0.3) is 73.2 Å². The van der Waals surface area contributed by atoms with E-state index in [0.717, 1.165) is 53.1 Å². The van der Waals surface area contributed by atoms with E-state index in [-0.39, 0.29) is 21.7 Å². The average molecular weight is 958 g/mol. The number of furan rings is 1. The first-order valence-electron chi connectivity index (χ1n) is 25.7. The average Bonchev–Trinajstić information content (AvgIpc) is 4.05. The number of anilines is 5. The maximum Gasteiger partial charge on any atom is 0.247 e. The molecule has 11 aromatic rings. The quantitative estimate of drug-likeness (QED) is 0.178. The third-order valence-electron chi connectivity index (χ3n) is 17.3. The van der Waals surface area contributed by atoms with Crippen LogP contribution in [0.5, 0.6) is 0 Å². The molecule has 1 aliphatic heterocycles. The minimum Gasteiger partial charge on any atom is -0.469 e. The Morgan fingerprint density at radius 1 is 0.507 bits per heavy atom. The second-order valence-electron chi connectivity index (χ2n) is 23.7. The Labute approximate surface area is 425 Å². The third kappa shape index (κ3) is 6.39. The van der Waals surface area contributed by atoms with Crippen molar-refractivity contribution in [2.24, 2.45) is 0 Å². The van der Waals surface area contributed by atoms with Gasteiger partial charge in [0.05, 0.1) is 21.7 Å². The Balaban J connectivity index is 1.11. The predicted molar refractivity (Wildman–Crippen MR) is 310 cm³/mol. The minimum absolute atomic E-state index is 0.0190. The molecule has 4 heterocycles. The van der Waals surface area contributed by atoms with Crippen LogP contribution in [0, 0.1) is 6.92 Å².